The molecule has 0 aromatic carbocycles. The second kappa shape index (κ2) is 5.06. The van der Waals surface area contributed by atoms with Crippen molar-refractivity contribution in [2.24, 2.45) is 11.7 Å². The van der Waals surface area contributed by atoms with Crippen LogP contribution < -0.4 is 5.73 Å². The van der Waals surface area contributed by atoms with E-state index in [1.807, 2.05) is 6.92 Å². The van der Waals surface area contributed by atoms with Gasteiger partial charge in [-0.15, -0.1) is 0 Å². The van der Waals surface area contributed by atoms with Gasteiger partial charge in [-0.3, -0.25) is 0 Å². The summed E-state index contributed by atoms with van der Waals surface area (Å²) in [5.74, 6) is 0.429. The van der Waals surface area contributed by atoms with E-state index in [0.29, 0.717) is 12.5 Å². The SMILES string of the molecule is C[C@@H](CO)CCCN. The molecule has 0 heterocycles. The third-order valence-electron chi connectivity index (χ3n) is 1.21. The summed E-state index contributed by atoms with van der Waals surface area (Å²) in [5.41, 5.74) is 5.25. The maximum atomic E-state index is 8.52. The minimum atomic E-state index is 0.292. The lowest BCUT2D eigenvalue weighted by Gasteiger charge is -2.03. The van der Waals surface area contributed by atoms with Crippen LogP contribution in [-0.4, -0.2) is 18.3 Å². The van der Waals surface area contributed by atoms with Crippen LogP contribution in [0.15, 0.2) is 0 Å². The summed E-state index contributed by atoms with van der Waals surface area (Å²) in [5, 5.41) is 8.52. The number of aliphatic hydroxyl groups excluding tert-OH is 1. The second-order valence-electron chi connectivity index (χ2n) is 2.22. The largest absolute Gasteiger partial charge is 0.396 e. The zero-order valence-electron chi connectivity index (χ0n) is 5.43. The van der Waals surface area contributed by atoms with E-state index in [-0.39, 0.29) is 0 Å². The van der Waals surface area contributed by atoms with Crippen LogP contribution in [0.25, 0.3) is 0 Å². The first kappa shape index (κ1) is 7.92. The maximum absolute atomic E-state index is 8.52. The standard InChI is InChI=1S/C6H15NO/c1-6(5-8)3-2-4-7/h6,8H,2-5,7H2,1H3/t6-/m1/s1. The Morgan fingerprint density at radius 2 is 2.25 bits per heavy atom. The van der Waals surface area contributed by atoms with Crippen LogP contribution in [0.2, 0.25) is 0 Å². The van der Waals surface area contributed by atoms with E-state index in [0.717, 1.165) is 19.4 Å². The molecule has 0 aromatic heterocycles. The Bertz CT molecular complexity index is 47.8. The molecule has 0 aromatic rings. The topological polar surface area (TPSA) is 46.2 Å². The maximum Gasteiger partial charge on any atom is 0.0456 e. The van der Waals surface area contributed by atoms with Crippen LogP contribution in [0.1, 0.15) is 19.8 Å². The van der Waals surface area contributed by atoms with Crippen LogP contribution in [0.3, 0.4) is 0 Å². The van der Waals surface area contributed by atoms with Gasteiger partial charge in [-0.2, -0.15) is 0 Å². The Morgan fingerprint density at radius 3 is 2.62 bits per heavy atom. The number of aliphatic hydroxyl groups is 1. The minimum Gasteiger partial charge on any atom is -0.396 e. The molecule has 0 saturated carbocycles. The molecular formula is C6H15NO. The minimum absolute atomic E-state index is 0.292. The molecule has 0 aliphatic carbocycles. The van der Waals surface area contributed by atoms with E-state index in [1.54, 1.807) is 0 Å². The average Bonchev–Trinajstić information content (AvgIpc) is 1.83. The summed E-state index contributed by atoms with van der Waals surface area (Å²) in [4.78, 5) is 0. The van der Waals surface area contributed by atoms with Crippen molar-refractivity contribution in [1.82, 2.24) is 0 Å². The van der Waals surface area contributed by atoms with Crippen molar-refractivity contribution >= 4 is 0 Å². The van der Waals surface area contributed by atoms with Gasteiger partial charge in [0, 0.05) is 6.61 Å². The molecule has 0 rings (SSSR count). The highest BCUT2D eigenvalue weighted by atomic mass is 16.3. The molecule has 0 amide bonds. The van der Waals surface area contributed by atoms with Gasteiger partial charge in [0.15, 0.2) is 0 Å². The smallest absolute Gasteiger partial charge is 0.0456 e. The predicted molar refractivity (Wildman–Crippen MR) is 34.5 cm³/mol. The summed E-state index contributed by atoms with van der Waals surface area (Å²) in [6.07, 6.45) is 2.08. The van der Waals surface area contributed by atoms with Crippen molar-refractivity contribution in [3.05, 3.63) is 0 Å². The van der Waals surface area contributed by atoms with E-state index >= 15 is 0 Å². The van der Waals surface area contributed by atoms with Crippen molar-refractivity contribution in [2.75, 3.05) is 13.2 Å². The molecular weight excluding hydrogens is 102 g/mol. The Hall–Kier alpha value is -0.0800. The quantitative estimate of drug-likeness (QED) is 0.558. The van der Waals surface area contributed by atoms with Gasteiger partial charge in [0.05, 0.1) is 0 Å². The van der Waals surface area contributed by atoms with Gasteiger partial charge in [0.1, 0.15) is 0 Å². The van der Waals surface area contributed by atoms with Crippen molar-refractivity contribution in [2.45, 2.75) is 19.8 Å². The Balaban J connectivity index is 2.86. The highest BCUT2D eigenvalue weighted by Gasteiger charge is 1.96. The van der Waals surface area contributed by atoms with Gasteiger partial charge >= 0.3 is 0 Å². The summed E-state index contributed by atoms with van der Waals surface area (Å²) >= 11 is 0. The fourth-order valence-electron chi connectivity index (χ4n) is 0.558. The first-order valence-corrected chi connectivity index (χ1v) is 3.12. The predicted octanol–water partition coefficient (Wildman–Crippen LogP) is 0.354. The zero-order valence-corrected chi connectivity index (χ0v) is 5.43. The summed E-state index contributed by atoms with van der Waals surface area (Å²) in [6.45, 7) is 3.06. The molecule has 0 bridgehead atoms. The van der Waals surface area contributed by atoms with Gasteiger partial charge in [0.2, 0.25) is 0 Å². The molecule has 0 fully saturated rings. The van der Waals surface area contributed by atoms with Gasteiger partial charge in [0.25, 0.3) is 0 Å². The van der Waals surface area contributed by atoms with E-state index in [2.05, 4.69) is 0 Å². The lowest BCUT2D eigenvalue weighted by molar-refractivity contribution is 0.229. The fraction of sp³-hybridized carbons (Fsp3) is 1.00. The highest BCUT2D eigenvalue weighted by molar-refractivity contribution is 4.49. The van der Waals surface area contributed by atoms with E-state index in [1.165, 1.54) is 0 Å². The number of hydrogen-bond acceptors (Lipinski definition) is 2. The molecule has 0 spiro atoms. The first-order valence-electron chi connectivity index (χ1n) is 3.12. The highest BCUT2D eigenvalue weighted by Crippen LogP contribution is 2.01. The van der Waals surface area contributed by atoms with Gasteiger partial charge < -0.3 is 10.8 Å². The molecule has 0 aliphatic heterocycles. The van der Waals surface area contributed by atoms with Crippen LogP contribution in [-0.2, 0) is 0 Å². The number of hydrogen-bond donors (Lipinski definition) is 2. The number of nitrogens with two attached hydrogens (primary N) is 1. The van der Waals surface area contributed by atoms with Crippen LogP contribution in [0.5, 0.6) is 0 Å². The molecule has 0 saturated heterocycles. The van der Waals surface area contributed by atoms with Crippen molar-refractivity contribution < 1.29 is 5.11 Å². The monoisotopic (exact) mass is 117 g/mol. The molecule has 0 radical (unpaired) electrons. The van der Waals surface area contributed by atoms with E-state index in [9.17, 15) is 0 Å². The average molecular weight is 117 g/mol. The van der Waals surface area contributed by atoms with Crippen molar-refractivity contribution in [1.29, 1.82) is 0 Å². The Labute approximate surface area is 50.7 Å². The molecule has 50 valence electrons. The van der Waals surface area contributed by atoms with E-state index < -0.39 is 0 Å². The summed E-state index contributed by atoms with van der Waals surface area (Å²) < 4.78 is 0. The van der Waals surface area contributed by atoms with Gasteiger partial charge in [-0.05, 0) is 25.3 Å². The third-order valence-corrected chi connectivity index (χ3v) is 1.21. The normalized spacial score (nSPS) is 13.9. The lowest BCUT2D eigenvalue weighted by Crippen LogP contribution is -2.05. The van der Waals surface area contributed by atoms with E-state index in [4.69, 9.17) is 10.8 Å². The van der Waals surface area contributed by atoms with Crippen LogP contribution in [0.4, 0.5) is 0 Å². The molecule has 2 nitrogen and oxygen atoms in total. The number of rotatable bonds is 4. The lowest BCUT2D eigenvalue weighted by atomic mass is 10.1. The molecule has 1 atom stereocenters. The third kappa shape index (κ3) is 4.09. The second-order valence-corrected chi connectivity index (χ2v) is 2.22. The van der Waals surface area contributed by atoms with Crippen molar-refractivity contribution in [3.8, 4) is 0 Å². The first-order chi connectivity index (χ1) is 3.81. The summed E-state index contributed by atoms with van der Waals surface area (Å²) in [6, 6.07) is 0. The molecule has 3 N–H and O–H groups in total. The van der Waals surface area contributed by atoms with Gasteiger partial charge in [-0.25, -0.2) is 0 Å². The fourth-order valence-corrected chi connectivity index (χ4v) is 0.558. The Kier molecular flexibility index (Phi) is 5.01. The molecule has 0 unspecified atom stereocenters. The summed E-state index contributed by atoms with van der Waals surface area (Å²) in [7, 11) is 0. The molecule has 8 heavy (non-hydrogen) atoms. The van der Waals surface area contributed by atoms with Crippen LogP contribution >= 0.6 is 0 Å². The van der Waals surface area contributed by atoms with Crippen molar-refractivity contribution in [3.63, 3.8) is 0 Å². The molecule has 2 heteroatoms. The Morgan fingerprint density at radius 1 is 1.62 bits per heavy atom. The molecule has 0 aliphatic rings. The van der Waals surface area contributed by atoms with Crippen LogP contribution in [0, 0.1) is 5.92 Å². The zero-order chi connectivity index (χ0) is 6.41. The van der Waals surface area contributed by atoms with Gasteiger partial charge in [-0.1, -0.05) is 6.92 Å².